The number of esters is 1. The molecule has 0 aliphatic carbocycles. The zero-order valence-electron chi connectivity index (χ0n) is 16.5. The summed E-state index contributed by atoms with van der Waals surface area (Å²) in [5.41, 5.74) is 4.86. The van der Waals surface area contributed by atoms with Crippen LogP contribution in [0, 0.1) is 6.92 Å². The lowest BCUT2D eigenvalue weighted by molar-refractivity contribution is -0.143. The number of carbonyl (C=O) groups is 2. The third-order valence-electron chi connectivity index (χ3n) is 4.33. The average molecular weight is 389 g/mol. The second kappa shape index (κ2) is 9.50. The van der Waals surface area contributed by atoms with Crippen LogP contribution in [0.25, 0.3) is 17.3 Å². The van der Waals surface area contributed by atoms with Crippen molar-refractivity contribution in [3.8, 4) is 11.3 Å². The van der Waals surface area contributed by atoms with Crippen molar-refractivity contribution in [3.63, 3.8) is 0 Å². The Morgan fingerprint density at radius 2 is 1.83 bits per heavy atom. The van der Waals surface area contributed by atoms with E-state index < -0.39 is 5.97 Å². The van der Waals surface area contributed by atoms with E-state index in [0.717, 1.165) is 22.4 Å². The lowest BCUT2D eigenvalue weighted by Gasteiger charge is -2.02. The number of nitrogens with one attached hydrogen (secondary N) is 1. The fraction of sp³-hybridized carbons (Fsp3) is 0.174. The van der Waals surface area contributed by atoms with Crippen LogP contribution in [0.15, 0.2) is 66.9 Å². The largest absolute Gasteiger partial charge is 0.452 e. The number of hydrogen-bond acceptors (Lipinski definition) is 4. The Morgan fingerprint density at radius 3 is 2.52 bits per heavy atom. The molecule has 148 valence electrons. The predicted octanol–water partition coefficient (Wildman–Crippen LogP) is 3.21. The van der Waals surface area contributed by atoms with Gasteiger partial charge in [-0.1, -0.05) is 60.2 Å². The van der Waals surface area contributed by atoms with Gasteiger partial charge in [0.05, 0.1) is 12.2 Å². The van der Waals surface area contributed by atoms with Crippen molar-refractivity contribution >= 4 is 18.0 Å². The summed E-state index contributed by atoms with van der Waals surface area (Å²) in [5, 5.41) is 7.11. The summed E-state index contributed by atoms with van der Waals surface area (Å²) in [5.74, 6) is -0.943. The Hall–Kier alpha value is -3.67. The van der Waals surface area contributed by atoms with Gasteiger partial charge in [0.15, 0.2) is 6.61 Å². The van der Waals surface area contributed by atoms with Crippen LogP contribution < -0.4 is 5.32 Å². The maximum atomic E-state index is 11.9. The number of nitrogens with zero attached hydrogens (tertiary/aromatic N) is 2. The minimum atomic E-state index is -0.584. The molecular weight excluding hydrogens is 366 g/mol. The molecule has 3 rings (SSSR count). The Bertz CT molecular complexity index is 1010. The molecule has 0 spiro atoms. The number of amides is 1. The van der Waals surface area contributed by atoms with Gasteiger partial charge in [0, 0.05) is 30.4 Å². The van der Waals surface area contributed by atoms with Gasteiger partial charge in [0.2, 0.25) is 0 Å². The Kier molecular flexibility index (Phi) is 6.58. The van der Waals surface area contributed by atoms with Crippen molar-refractivity contribution in [1.29, 1.82) is 0 Å². The normalized spacial score (nSPS) is 10.8. The zero-order valence-corrected chi connectivity index (χ0v) is 16.5. The number of rotatable bonds is 7. The van der Waals surface area contributed by atoms with Gasteiger partial charge in [-0.05, 0) is 18.6 Å². The molecule has 6 heteroatoms. The monoisotopic (exact) mass is 389 g/mol. The third-order valence-corrected chi connectivity index (χ3v) is 4.33. The first kappa shape index (κ1) is 20.1. The molecule has 2 aromatic carbocycles. The first-order valence-electron chi connectivity index (χ1n) is 9.29. The molecule has 0 bridgehead atoms. The topological polar surface area (TPSA) is 73.2 Å². The smallest absolute Gasteiger partial charge is 0.331 e. The van der Waals surface area contributed by atoms with Crippen LogP contribution in [0.1, 0.15) is 16.7 Å². The Balaban J connectivity index is 1.83. The van der Waals surface area contributed by atoms with Crippen LogP contribution in [0.4, 0.5) is 0 Å². The van der Waals surface area contributed by atoms with E-state index in [1.54, 1.807) is 6.08 Å². The molecule has 0 saturated carbocycles. The first-order valence-corrected chi connectivity index (χ1v) is 9.29. The molecule has 1 heterocycles. The van der Waals surface area contributed by atoms with Gasteiger partial charge >= 0.3 is 5.97 Å². The maximum absolute atomic E-state index is 11.9. The number of carbonyl (C=O) groups excluding carboxylic acids is 2. The van der Waals surface area contributed by atoms with Gasteiger partial charge in [-0.25, -0.2) is 4.79 Å². The van der Waals surface area contributed by atoms with Crippen LogP contribution in [0.5, 0.6) is 0 Å². The van der Waals surface area contributed by atoms with E-state index in [2.05, 4.69) is 36.5 Å². The molecule has 6 nitrogen and oxygen atoms in total. The molecule has 0 unspecified atom stereocenters. The van der Waals surface area contributed by atoms with Crippen molar-refractivity contribution in [3.05, 3.63) is 83.6 Å². The number of benzene rings is 2. The minimum Gasteiger partial charge on any atom is -0.452 e. The highest BCUT2D eigenvalue weighted by atomic mass is 16.5. The molecule has 3 aromatic rings. The summed E-state index contributed by atoms with van der Waals surface area (Å²) < 4.78 is 6.76. The van der Waals surface area contributed by atoms with Gasteiger partial charge < -0.3 is 10.1 Å². The van der Waals surface area contributed by atoms with Gasteiger partial charge in [-0.15, -0.1) is 0 Å². The number of ether oxygens (including phenoxy) is 1. The third kappa shape index (κ3) is 5.65. The molecule has 1 aromatic heterocycles. The van der Waals surface area contributed by atoms with Crippen molar-refractivity contribution in [2.45, 2.75) is 13.5 Å². The first-order chi connectivity index (χ1) is 14.0. The number of likely N-dealkylation sites (N-methyl/N-ethyl adjacent to an activating group) is 1. The van der Waals surface area contributed by atoms with Crippen molar-refractivity contribution < 1.29 is 14.3 Å². The van der Waals surface area contributed by atoms with Crippen LogP contribution >= 0.6 is 0 Å². The van der Waals surface area contributed by atoms with E-state index in [9.17, 15) is 9.59 Å². The van der Waals surface area contributed by atoms with Crippen molar-refractivity contribution in [2.75, 3.05) is 13.7 Å². The fourth-order valence-corrected chi connectivity index (χ4v) is 2.76. The number of aromatic nitrogens is 2. The summed E-state index contributed by atoms with van der Waals surface area (Å²) in [6.07, 6.45) is 4.86. The number of hydrogen-bond donors (Lipinski definition) is 1. The van der Waals surface area contributed by atoms with E-state index >= 15 is 0 Å². The Morgan fingerprint density at radius 1 is 1.10 bits per heavy atom. The van der Waals surface area contributed by atoms with Gasteiger partial charge in [0.25, 0.3) is 5.91 Å². The fourth-order valence-electron chi connectivity index (χ4n) is 2.76. The van der Waals surface area contributed by atoms with Crippen LogP contribution in [-0.2, 0) is 20.9 Å². The van der Waals surface area contributed by atoms with E-state index in [1.807, 2.05) is 41.2 Å². The average Bonchev–Trinajstić information content (AvgIpc) is 3.15. The molecule has 0 aliphatic rings. The molecule has 0 radical (unpaired) electrons. The van der Waals surface area contributed by atoms with Gasteiger partial charge in [-0.3, -0.25) is 9.48 Å². The molecule has 0 aliphatic heterocycles. The lowest BCUT2D eigenvalue weighted by atomic mass is 10.1. The summed E-state index contributed by atoms with van der Waals surface area (Å²) in [4.78, 5) is 23.1. The molecular formula is C23H23N3O3. The molecule has 0 fully saturated rings. The standard InChI is InChI=1S/C23H23N3O3/c1-17-8-10-18(11-9-17)14-26-15-20(12-13-22(28)29-16-21(27)24-2)23(25-26)19-6-4-3-5-7-19/h3-13,15H,14,16H2,1-2H3,(H,24,27)/b13-12+. The summed E-state index contributed by atoms with van der Waals surface area (Å²) in [6.45, 7) is 2.37. The van der Waals surface area contributed by atoms with Crippen LogP contribution in [-0.4, -0.2) is 35.3 Å². The van der Waals surface area contributed by atoms with E-state index in [0.29, 0.717) is 6.54 Å². The zero-order chi connectivity index (χ0) is 20.6. The minimum absolute atomic E-state index is 0.308. The highest BCUT2D eigenvalue weighted by Gasteiger charge is 2.10. The molecule has 29 heavy (non-hydrogen) atoms. The van der Waals surface area contributed by atoms with E-state index in [1.165, 1.54) is 18.7 Å². The SMILES string of the molecule is CNC(=O)COC(=O)/C=C/c1cn(Cc2ccc(C)cc2)nc1-c1ccccc1. The Labute approximate surface area is 169 Å². The molecule has 1 amide bonds. The highest BCUT2D eigenvalue weighted by molar-refractivity contribution is 5.90. The molecule has 0 saturated heterocycles. The quantitative estimate of drug-likeness (QED) is 0.497. The summed E-state index contributed by atoms with van der Waals surface area (Å²) >= 11 is 0. The molecule has 1 N–H and O–H groups in total. The second-order valence-electron chi connectivity index (χ2n) is 6.60. The van der Waals surface area contributed by atoms with E-state index in [4.69, 9.17) is 9.84 Å². The van der Waals surface area contributed by atoms with Crippen molar-refractivity contribution in [2.24, 2.45) is 0 Å². The van der Waals surface area contributed by atoms with Crippen LogP contribution in [0.2, 0.25) is 0 Å². The second-order valence-corrected chi connectivity index (χ2v) is 6.60. The highest BCUT2D eigenvalue weighted by Crippen LogP contribution is 2.23. The summed E-state index contributed by atoms with van der Waals surface area (Å²) in [7, 11) is 1.49. The number of aryl methyl sites for hydroxylation is 1. The van der Waals surface area contributed by atoms with Gasteiger partial charge in [0.1, 0.15) is 0 Å². The summed E-state index contributed by atoms with van der Waals surface area (Å²) in [6, 6.07) is 18.1. The predicted molar refractivity (Wildman–Crippen MR) is 112 cm³/mol. The lowest BCUT2D eigenvalue weighted by Crippen LogP contribution is -2.24. The van der Waals surface area contributed by atoms with E-state index in [-0.39, 0.29) is 12.5 Å². The maximum Gasteiger partial charge on any atom is 0.331 e. The van der Waals surface area contributed by atoms with Gasteiger partial charge in [-0.2, -0.15) is 5.10 Å². The van der Waals surface area contributed by atoms with Crippen LogP contribution in [0.3, 0.4) is 0 Å². The van der Waals surface area contributed by atoms with Crippen molar-refractivity contribution in [1.82, 2.24) is 15.1 Å². The molecule has 0 atom stereocenters.